The van der Waals surface area contributed by atoms with Gasteiger partial charge in [0.05, 0.1) is 12.2 Å². The minimum atomic E-state index is 0.338. The van der Waals surface area contributed by atoms with E-state index in [0.29, 0.717) is 23.4 Å². The van der Waals surface area contributed by atoms with Crippen molar-refractivity contribution in [1.82, 2.24) is 15.5 Å². The lowest BCUT2D eigenvalue weighted by Crippen LogP contribution is -2.28. The molecule has 0 radical (unpaired) electrons. The summed E-state index contributed by atoms with van der Waals surface area (Å²) in [5.41, 5.74) is 0. The first-order valence-corrected chi connectivity index (χ1v) is 5.51. The summed E-state index contributed by atoms with van der Waals surface area (Å²) in [6.07, 6.45) is 3.86. The lowest BCUT2D eigenvalue weighted by atomic mass is 10.00. The minimum absolute atomic E-state index is 0.338. The maximum atomic E-state index is 5.27. The van der Waals surface area contributed by atoms with Crippen LogP contribution in [0, 0.1) is 0 Å². The molecule has 0 aliphatic carbocycles. The number of aromatic nitrogens is 2. The Labute approximate surface area is 92.8 Å². The standard InChI is InChI=1S/C11H13N3O2/c1-3-8(7-12-5-1)11-13-10(14-16-11)9-4-2-6-15-9/h2,4,6,8,12H,1,3,5,7H2/t8-/m1/s1. The summed E-state index contributed by atoms with van der Waals surface area (Å²) in [5, 5.41) is 7.25. The van der Waals surface area contributed by atoms with Crippen molar-refractivity contribution >= 4 is 0 Å². The van der Waals surface area contributed by atoms with Crippen LogP contribution in [0.15, 0.2) is 27.3 Å². The van der Waals surface area contributed by atoms with Crippen LogP contribution in [-0.2, 0) is 0 Å². The highest BCUT2D eigenvalue weighted by Crippen LogP contribution is 2.24. The van der Waals surface area contributed by atoms with Gasteiger partial charge in [0.25, 0.3) is 0 Å². The van der Waals surface area contributed by atoms with Crippen molar-refractivity contribution in [3.05, 3.63) is 24.3 Å². The molecule has 1 saturated heterocycles. The molecule has 3 heterocycles. The molecule has 0 bridgehead atoms. The lowest BCUT2D eigenvalue weighted by molar-refractivity contribution is 0.322. The van der Waals surface area contributed by atoms with Crippen LogP contribution in [0.1, 0.15) is 24.7 Å². The third-order valence-electron chi connectivity index (χ3n) is 2.83. The SMILES string of the molecule is c1coc(-c2noc([C@@H]3CCCNC3)n2)c1. The molecular formula is C11H13N3O2. The summed E-state index contributed by atoms with van der Waals surface area (Å²) in [6.45, 7) is 2.00. The van der Waals surface area contributed by atoms with Crippen LogP contribution >= 0.6 is 0 Å². The van der Waals surface area contributed by atoms with Gasteiger partial charge >= 0.3 is 0 Å². The summed E-state index contributed by atoms with van der Waals surface area (Å²) in [6, 6.07) is 3.64. The quantitative estimate of drug-likeness (QED) is 0.834. The largest absolute Gasteiger partial charge is 0.461 e. The summed E-state index contributed by atoms with van der Waals surface area (Å²) in [4.78, 5) is 4.36. The summed E-state index contributed by atoms with van der Waals surface area (Å²) in [5.74, 6) is 2.23. The molecule has 2 aromatic heterocycles. The summed E-state index contributed by atoms with van der Waals surface area (Å²) in [7, 11) is 0. The second-order valence-corrected chi connectivity index (χ2v) is 3.98. The highest BCUT2D eigenvalue weighted by molar-refractivity contribution is 5.44. The molecule has 1 atom stereocenters. The Morgan fingerprint density at radius 3 is 3.19 bits per heavy atom. The molecular weight excluding hydrogens is 206 g/mol. The van der Waals surface area contributed by atoms with Gasteiger partial charge in [-0.25, -0.2) is 0 Å². The van der Waals surface area contributed by atoms with Crippen molar-refractivity contribution in [2.45, 2.75) is 18.8 Å². The van der Waals surface area contributed by atoms with Gasteiger partial charge in [-0.1, -0.05) is 5.16 Å². The molecule has 0 spiro atoms. The molecule has 5 heteroatoms. The molecule has 5 nitrogen and oxygen atoms in total. The number of hydrogen-bond acceptors (Lipinski definition) is 5. The van der Waals surface area contributed by atoms with Crippen molar-refractivity contribution in [3.63, 3.8) is 0 Å². The highest BCUT2D eigenvalue weighted by Gasteiger charge is 2.22. The summed E-state index contributed by atoms with van der Waals surface area (Å²) < 4.78 is 10.5. The molecule has 3 rings (SSSR count). The van der Waals surface area contributed by atoms with Crippen LogP contribution in [0.3, 0.4) is 0 Å². The highest BCUT2D eigenvalue weighted by atomic mass is 16.5. The average molecular weight is 219 g/mol. The first-order chi connectivity index (χ1) is 7.93. The van der Waals surface area contributed by atoms with Gasteiger partial charge in [0.15, 0.2) is 5.76 Å². The zero-order valence-corrected chi connectivity index (χ0v) is 8.85. The van der Waals surface area contributed by atoms with Crippen LogP contribution in [0.4, 0.5) is 0 Å². The predicted octanol–water partition coefficient (Wildman–Crippen LogP) is 1.80. The van der Waals surface area contributed by atoms with E-state index in [0.717, 1.165) is 25.9 Å². The van der Waals surface area contributed by atoms with Crippen LogP contribution in [-0.4, -0.2) is 23.2 Å². The van der Waals surface area contributed by atoms with E-state index in [2.05, 4.69) is 15.5 Å². The van der Waals surface area contributed by atoms with Crippen LogP contribution in [0.2, 0.25) is 0 Å². The average Bonchev–Trinajstić information content (AvgIpc) is 3.01. The topological polar surface area (TPSA) is 64.1 Å². The van der Waals surface area contributed by atoms with E-state index in [-0.39, 0.29) is 0 Å². The maximum Gasteiger partial charge on any atom is 0.238 e. The molecule has 0 unspecified atom stereocenters. The number of rotatable bonds is 2. The fourth-order valence-electron chi connectivity index (χ4n) is 1.97. The van der Waals surface area contributed by atoms with Gasteiger partial charge < -0.3 is 14.3 Å². The van der Waals surface area contributed by atoms with Gasteiger partial charge in [-0.15, -0.1) is 0 Å². The van der Waals surface area contributed by atoms with Gasteiger partial charge in [-0.05, 0) is 31.5 Å². The van der Waals surface area contributed by atoms with Crippen LogP contribution in [0.5, 0.6) is 0 Å². The fourth-order valence-corrected chi connectivity index (χ4v) is 1.97. The molecule has 0 aromatic carbocycles. The van der Waals surface area contributed by atoms with Crippen molar-refractivity contribution in [1.29, 1.82) is 0 Å². The Hall–Kier alpha value is -1.62. The Morgan fingerprint density at radius 1 is 1.44 bits per heavy atom. The van der Waals surface area contributed by atoms with E-state index >= 15 is 0 Å². The zero-order valence-electron chi connectivity index (χ0n) is 8.85. The normalized spacial score (nSPS) is 21.1. The number of nitrogens with zero attached hydrogens (tertiary/aromatic N) is 2. The second kappa shape index (κ2) is 4.09. The smallest absolute Gasteiger partial charge is 0.238 e. The Bertz CT molecular complexity index is 444. The molecule has 0 saturated carbocycles. The van der Waals surface area contributed by atoms with Gasteiger partial charge in [0.2, 0.25) is 11.7 Å². The zero-order chi connectivity index (χ0) is 10.8. The number of furan rings is 1. The molecule has 1 aliphatic rings. The van der Waals surface area contributed by atoms with E-state index < -0.39 is 0 Å². The third-order valence-corrected chi connectivity index (χ3v) is 2.83. The van der Waals surface area contributed by atoms with Crippen LogP contribution < -0.4 is 5.32 Å². The van der Waals surface area contributed by atoms with E-state index in [1.165, 1.54) is 0 Å². The number of hydrogen-bond donors (Lipinski definition) is 1. The number of nitrogens with one attached hydrogen (secondary N) is 1. The molecule has 16 heavy (non-hydrogen) atoms. The first-order valence-electron chi connectivity index (χ1n) is 5.51. The van der Waals surface area contributed by atoms with Gasteiger partial charge in [-0.3, -0.25) is 0 Å². The Kier molecular flexibility index (Phi) is 2.46. The Morgan fingerprint density at radius 2 is 2.44 bits per heavy atom. The second-order valence-electron chi connectivity index (χ2n) is 3.98. The molecule has 1 aliphatic heterocycles. The minimum Gasteiger partial charge on any atom is -0.461 e. The molecule has 1 N–H and O–H groups in total. The van der Waals surface area contributed by atoms with Crippen LogP contribution in [0.25, 0.3) is 11.6 Å². The van der Waals surface area contributed by atoms with Crippen molar-refractivity contribution in [2.75, 3.05) is 13.1 Å². The van der Waals surface area contributed by atoms with Gasteiger partial charge in [0.1, 0.15) is 0 Å². The monoisotopic (exact) mass is 219 g/mol. The summed E-state index contributed by atoms with van der Waals surface area (Å²) >= 11 is 0. The lowest BCUT2D eigenvalue weighted by Gasteiger charge is -2.18. The molecule has 0 amide bonds. The Balaban J connectivity index is 1.82. The van der Waals surface area contributed by atoms with Crippen molar-refractivity contribution < 1.29 is 8.94 Å². The molecule has 1 fully saturated rings. The molecule has 2 aromatic rings. The van der Waals surface area contributed by atoms with Crippen molar-refractivity contribution in [3.8, 4) is 11.6 Å². The van der Waals surface area contributed by atoms with Gasteiger partial charge in [0, 0.05) is 6.54 Å². The molecule has 84 valence electrons. The first kappa shape index (κ1) is 9.59. The van der Waals surface area contributed by atoms with Gasteiger partial charge in [-0.2, -0.15) is 4.98 Å². The van der Waals surface area contributed by atoms with Crippen molar-refractivity contribution in [2.24, 2.45) is 0 Å². The third kappa shape index (κ3) is 1.74. The maximum absolute atomic E-state index is 5.27. The fraction of sp³-hybridized carbons (Fsp3) is 0.455. The predicted molar refractivity (Wildman–Crippen MR) is 56.8 cm³/mol. The van der Waals surface area contributed by atoms with E-state index in [9.17, 15) is 0 Å². The van der Waals surface area contributed by atoms with E-state index in [1.54, 1.807) is 6.26 Å². The van der Waals surface area contributed by atoms with E-state index in [4.69, 9.17) is 8.94 Å². The number of piperidine rings is 1. The van der Waals surface area contributed by atoms with E-state index in [1.807, 2.05) is 12.1 Å².